The van der Waals surface area contributed by atoms with Crippen molar-refractivity contribution in [1.82, 2.24) is 4.98 Å². The molecule has 0 amide bonds. The van der Waals surface area contributed by atoms with Crippen molar-refractivity contribution in [1.29, 1.82) is 0 Å². The van der Waals surface area contributed by atoms with E-state index in [1.54, 1.807) is 0 Å². The van der Waals surface area contributed by atoms with Crippen LogP contribution in [0.3, 0.4) is 0 Å². The van der Waals surface area contributed by atoms with E-state index in [0.29, 0.717) is 0 Å². The molecule has 19 heavy (non-hydrogen) atoms. The van der Waals surface area contributed by atoms with Crippen molar-refractivity contribution < 1.29 is 13.2 Å². The monoisotopic (exact) mass is 272 g/mol. The van der Waals surface area contributed by atoms with Crippen LogP contribution in [-0.2, 0) is 6.18 Å². The Hall–Kier alpha value is -1.10. The lowest BCUT2D eigenvalue weighted by Crippen LogP contribution is -2.21. The predicted octanol–water partition coefficient (Wildman–Crippen LogP) is 3.78. The van der Waals surface area contributed by atoms with E-state index in [1.165, 1.54) is 6.20 Å². The van der Waals surface area contributed by atoms with Gasteiger partial charge in [-0.2, -0.15) is 13.2 Å². The highest BCUT2D eigenvalue weighted by molar-refractivity contribution is 5.33. The fraction of sp³-hybridized carbons (Fsp3) is 0.643. The Balaban J connectivity index is 2.40. The summed E-state index contributed by atoms with van der Waals surface area (Å²) in [5.41, 5.74) is 5.40. The minimum absolute atomic E-state index is 0.0188. The molecule has 0 spiro atoms. The summed E-state index contributed by atoms with van der Waals surface area (Å²) < 4.78 is 39.0. The van der Waals surface area contributed by atoms with Crippen molar-refractivity contribution in [3.63, 3.8) is 0 Å². The van der Waals surface area contributed by atoms with Crippen LogP contribution in [0.5, 0.6) is 0 Å². The summed E-state index contributed by atoms with van der Waals surface area (Å²) in [6.07, 6.45) is -1.99. The SMILES string of the molecule is CC1(C)C(C(N)c2cnccc2C(F)(F)F)C1(C)C. The van der Waals surface area contributed by atoms with Gasteiger partial charge in [-0.05, 0) is 28.4 Å². The van der Waals surface area contributed by atoms with E-state index in [0.717, 1.165) is 12.3 Å². The molecule has 1 aromatic rings. The molecule has 2 N–H and O–H groups in total. The van der Waals surface area contributed by atoms with Gasteiger partial charge in [0, 0.05) is 18.4 Å². The second-order valence-corrected chi connectivity index (χ2v) is 6.41. The summed E-state index contributed by atoms with van der Waals surface area (Å²) in [4.78, 5) is 3.81. The number of hydrogen-bond acceptors (Lipinski definition) is 2. The largest absolute Gasteiger partial charge is 0.416 e. The topological polar surface area (TPSA) is 38.9 Å². The van der Waals surface area contributed by atoms with Gasteiger partial charge in [0.05, 0.1) is 5.56 Å². The molecule has 1 saturated carbocycles. The van der Waals surface area contributed by atoms with Crippen molar-refractivity contribution in [3.8, 4) is 0 Å². The standard InChI is InChI=1S/C14H19F3N2/c1-12(2)11(13(12,3)4)10(18)8-7-19-6-5-9(8)14(15,16)17/h5-7,10-11H,18H2,1-4H3. The van der Waals surface area contributed by atoms with Crippen molar-refractivity contribution in [3.05, 3.63) is 29.6 Å². The molecule has 5 heteroatoms. The van der Waals surface area contributed by atoms with Gasteiger partial charge >= 0.3 is 6.18 Å². The second kappa shape index (κ2) is 3.95. The van der Waals surface area contributed by atoms with Gasteiger partial charge in [-0.15, -0.1) is 0 Å². The Kier molecular flexibility index (Phi) is 2.97. The van der Waals surface area contributed by atoms with Crippen LogP contribution in [0, 0.1) is 16.7 Å². The van der Waals surface area contributed by atoms with E-state index < -0.39 is 17.8 Å². The summed E-state index contributed by atoms with van der Waals surface area (Å²) in [6.45, 7) is 8.17. The highest BCUT2D eigenvalue weighted by Gasteiger charge is 2.67. The third-order valence-corrected chi connectivity index (χ3v) is 5.01. The molecule has 106 valence electrons. The first-order valence-electron chi connectivity index (χ1n) is 6.28. The third-order valence-electron chi connectivity index (χ3n) is 5.01. The zero-order chi connectivity index (χ0) is 14.6. The van der Waals surface area contributed by atoms with Gasteiger partial charge in [0.1, 0.15) is 0 Å². The molecule has 0 radical (unpaired) electrons. The van der Waals surface area contributed by atoms with Gasteiger partial charge in [-0.3, -0.25) is 4.98 Å². The van der Waals surface area contributed by atoms with Crippen LogP contribution in [0.1, 0.15) is 44.9 Å². The van der Waals surface area contributed by atoms with Crippen molar-refractivity contribution in [2.24, 2.45) is 22.5 Å². The molecule has 2 rings (SSSR count). The van der Waals surface area contributed by atoms with Crippen molar-refractivity contribution in [2.45, 2.75) is 39.9 Å². The number of pyridine rings is 1. The molecular formula is C14H19F3N2. The molecule has 0 aliphatic heterocycles. The van der Waals surface area contributed by atoms with Gasteiger partial charge in [0.15, 0.2) is 0 Å². The Morgan fingerprint density at radius 1 is 1.21 bits per heavy atom. The van der Waals surface area contributed by atoms with Gasteiger partial charge in [-0.1, -0.05) is 27.7 Å². The maximum absolute atomic E-state index is 13.0. The first kappa shape index (κ1) is 14.3. The lowest BCUT2D eigenvalue weighted by atomic mass is 9.95. The number of nitrogens with zero attached hydrogens (tertiary/aromatic N) is 1. The second-order valence-electron chi connectivity index (χ2n) is 6.41. The Labute approximate surface area is 111 Å². The van der Waals surface area contributed by atoms with E-state index in [2.05, 4.69) is 4.98 Å². The summed E-state index contributed by atoms with van der Waals surface area (Å²) in [5.74, 6) is 0.0188. The minimum Gasteiger partial charge on any atom is -0.324 e. The predicted molar refractivity (Wildman–Crippen MR) is 67.2 cm³/mol. The van der Waals surface area contributed by atoms with Crippen LogP contribution >= 0.6 is 0 Å². The molecule has 0 bridgehead atoms. The molecule has 1 aliphatic carbocycles. The normalized spacial score (nSPS) is 23.2. The van der Waals surface area contributed by atoms with E-state index in [1.807, 2.05) is 27.7 Å². The zero-order valence-electron chi connectivity index (χ0n) is 11.5. The summed E-state index contributed by atoms with van der Waals surface area (Å²) in [5, 5.41) is 0. The number of hydrogen-bond donors (Lipinski definition) is 1. The molecule has 1 atom stereocenters. The van der Waals surface area contributed by atoms with Gasteiger partial charge in [-0.25, -0.2) is 0 Å². The Bertz CT molecular complexity index is 478. The van der Waals surface area contributed by atoms with Gasteiger partial charge in [0.25, 0.3) is 0 Å². The van der Waals surface area contributed by atoms with E-state index in [4.69, 9.17) is 5.73 Å². The highest BCUT2D eigenvalue weighted by Crippen LogP contribution is 2.72. The first-order chi connectivity index (χ1) is 8.51. The summed E-state index contributed by atoms with van der Waals surface area (Å²) in [7, 11) is 0. The van der Waals surface area contributed by atoms with Gasteiger partial charge < -0.3 is 5.73 Å². The van der Waals surface area contributed by atoms with E-state index in [-0.39, 0.29) is 22.3 Å². The van der Waals surface area contributed by atoms with Crippen LogP contribution in [0.15, 0.2) is 18.5 Å². The average Bonchev–Trinajstić information content (AvgIpc) is 2.67. The average molecular weight is 272 g/mol. The molecule has 1 aliphatic rings. The first-order valence-corrected chi connectivity index (χ1v) is 6.28. The van der Waals surface area contributed by atoms with Crippen LogP contribution < -0.4 is 5.73 Å². The number of rotatable bonds is 2. The van der Waals surface area contributed by atoms with Crippen LogP contribution in [0.4, 0.5) is 13.2 Å². The third kappa shape index (κ3) is 2.04. The van der Waals surface area contributed by atoms with Crippen LogP contribution in [0.25, 0.3) is 0 Å². The zero-order valence-corrected chi connectivity index (χ0v) is 11.5. The molecule has 0 aromatic carbocycles. The Morgan fingerprint density at radius 3 is 2.16 bits per heavy atom. The Morgan fingerprint density at radius 2 is 1.74 bits per heavy atom. The molecule has 1 fully saturated rings. The molecule has 1 aromatic heterocycles. The summed E-state index contributed by atoms with van der Waals surface area (Å²) in [6, 6.07) is 0.354. The molecule has 1 heterocycles. The number of nitrogens with two attached hydrogens (primary N) is 1. The number of halogens is 3. The fourth-order valence-corrected chi connectivity index (χ4v) is 3.26. The molecule has 0 saturated heterocycles. The van der Waals surface area contributed by atoms with Crippen LogP contribution in [-0.4, -0.2) is 4.98 Å². The maximum Gasteiger partial charge on any atom is 0.416 e. The fourth-order valence-electron chi connectivity index (χ4n) is 3.26. The molecule has 2 nitrogen and oxygen atoms in total. The summed E-state index contributed by atoms with van der Waals surface area (Å²) >= 11 is 0. The molecule has 1 unspecified atom stereocenters. The smallest absolute Gasteiger partial charge is 0.324 e. The van der Waals surface area contributed by atoms with Crippen molar-refractivity contribution in [2.75, 3.05) is 0 Å². The lowest BCUT2D eigenvalue weighted by Gasteiger charge is -2.19. The molecular weight excluding hydrogens is 253 g/mol. The number of aromatic nitrogens is 1. The highest BCUT2D eigenvalue weighted by atomic mass is 19.4. The number of alkyl halides is 3. The van der Waals surface area contributed by atoms with Crippen LogP contribution in [0.2, 0.25) is 0 Å². The van der Waals surface area contributed by atoms with Gasteiger partial charge in [0.2, 0.25) is 0 Å². The van der Waals surface area contributed by atoms with E-state index in [9.17, 15) is 13.2 Å². The lowest BCUT2D eigenvalue weighted by molar-refractivity contribution is -0.138. The van der Waals surface area contributed by atoms with E-state index >= 15 is 0 Å². The van der Waals surface area contributed by atoms with Crippen molar-refractivity contribution >= 4 is 0 Å². The maximum atomic E-state index is 13.0. The minimum atomic E-state index is -4.39. The quantitative estimate of drug-likeness (QED) is 0.889.